The van der Waals surface area contributed by atoms with Crippen molar-refractivity contribution in [3.05, 3.63) is 61.2 Å². The van der Waals surface area contributed by atoms with Gasteiger partial charge in [-0.25, -0.2) is 0 Å². The molecule has 1 N–H and O–H groups in total. The number of carbonyl (C=O) groups is 3. The third kappa shape index (κ3) is 5.84. The highest BCUT2D eigenvalue weighted by atomic mass is 79.9. The van der Waals surface area contributed by atoms with Crippen molar-refractivity contribution in [1.29, 1.82) is 0 Å². The lowest BCUT2D eigenvalue weighted by molar-refractivity contribution is -0.157. The molecule has 3 unspecified atom stereocenters. The van der Waals surface area contributed by atoms with Crippen LogP contribution in [0.2, 0.25) is 0 Å². The van der Waals surface area contributed by atoms with Crippen LogP contribution in [-0.4, -0.2) is 86.6 Å². The minimum absolute atomic E-state index is 0.0103. The number of rotatable bonds is 12. The second-order valence-corrected chi connectivity index (χ2v) is 14.8. The van der Waals surface area contributed by atoms with Gasteiger partial charge in [-0.1, -0.05) is 85.8 Å². The van der Waals surface area contributed by atoms with Gasteiger partial charge < -0.3 is 24.4 Å². The number of alkyl halides is 1. The van der Waals surface area contributed by atoms with E-state index in [1.54, 1.807) is 11.0 Å². The lowest BCUT2D eigenvalue weighted by Gasteiger charge is -2.46. The second kappa shape index (κ2) is 12.2. The third-order valence-electron chi connectivity index (χ3n) is 8.77. The van der Waals surface area contributed by atoms with Crippen LogP contribution in [0.15, 0.2) is 55.6 Å². The molecule has 1 aromatic carbocycles. The summed E-state index contributed by atoms with van der Waals surface area (Å²) in [5.41, 5.74) is -1.01. The topological polar surface area (TPSA) is 96.4 Å². The fourth-order valence-electron chi connectivity index (χ4n) is 7.69. The summed E-state index contributed by atoms with van der Waals surface area (Å²) in [6.45, 7) is 17.9. The highest BCUT2D eigenvalue weighted by Gasteiger charge is 2.77. The highest BCUT2D eigenvalue weighted by molar-refractivity contribution is 9.09. The Morgan fingerprint density at radius 1 is 1.21 bits per heavy atom. The SMILES string of the molecule is C=CCOC(=O)[C@H]1[C@H]2C(=O)N([C@@H](CO)Cc3ccccc3)C(C(=O)N(CC=C)C(C)(C)CC(C)(C)C)C23CC(Br)[C@@H]1O3. The minimum Gasteiger partial charge on any atom is -0.461 e. The number of hydrogen-bond acceptors (Lipinski definition) is 6. The summed E-state index contributed by atoms with van der Waals surface area (Å²) < 4.78 is 12.1. The Kier molecular flexibility index (Phi) is 9.46. The zero-order valence-corrected chi connectivity index (χ0v) is 27.0. The summed E-state index contributed by atoms with van der Waals surface area (Å²) >= 11 is 3.70. The molecule has 3 aliphatic heterocycles. The second-order valence-electron chi connectivity index (χ2n) is 13.6. The summed E-state index contributed by atoms with van der Waals surface area (Å²) in [4.78, 5) is 45.9. The fraction of sp³-hybridized carbons (Fsp3) is 0.606. The van der Waals surface area contributed by atoms with Gasteiger partial charge in [0.25, 0.3) is 0 Å². The van der Waals surface area contributed by atoms with Crippen molar-refractivity contribution < 1.29 is 29.0 Å². The number of aliphatic hydroxyl groups excluding tert-OH is 1. The van der Waals surface area contributed by atoms with Crippen LogP contribution in [-0.2, 0) is 30.3 Å². The Morgan fingerprint density at radius 2 is 1.88 bits per heavy atom. The maximum atomic E-state index is 15.0. The standard InChI is InChI=1S/C33H45BrN2O6/c1-8-15-35(32(6,7)20-31(3,4)5)29(39)27-33-18-23(34)26(42-33)24(30(40)41-16-9-2)25(33)28(38)36(27)22(19-37)17-21-13-11-10-12-14-21/h8-14,22-27,37H,1-2,15-20H2,3-7H3/t22-,23?,24+,25+,26+,27?,33?/m1/s1. The molecular weight excluding hydrogens is 600 g/mol. The number of likely N-dealkylation sites (tertiary alicyclic amines) is 1. The molecule has 4 rings (SSSR count). The van der Waals surface area contributed by atoms with Crippen molar-refractivity contribution in [2.45, 2.75) is 88.0 Å². The number of nitrogens with zero attached hydrogens (tertiary/aromatic N) is 2. The first-order chi connectivity index (χ1) is 19.7. The van der Waals surface area contributed by atoms with Crippen LogP contribution in [0, 0.1) is 17.3 Å². The molecule has 3 fully saturated rings. The molecule has 8 nitrogen and oxygen atoms in total. The van der Waals surface area contributed by atoms with Crippen LogP contribution in [0.25, 0.3) is 0 Å². The van der Waals surface area contributed by atoms with Crippen molar-refractivity contribution in [3.63, 3.8) is 0 Å². The number of ether oxygens (including phenoxy) is 2. The normalized spacial score (nSPS) is 29.3. The molecule has 1 spiro atoms. The smallest absolute Gasteiger partial charge is 0.312 e. The van der Waals surface area contributed by atoms with E-state index in [2.05, 4.69) is 49.9 Å². The van der Waals surface area contributed by atoms with Gasteiger partial charge in [0.15, 0.2) is 0 Å². The molecule has 2 bridgehead atoms. The van der Waals surface area contributed by atoms with Crippen molar-refractivity contribution >= 4 is 33.7 Å². The summed E-state index contributed by atoms with van der Waals surface area (Å²) in [5, 5.41) is 10.7. The molecule has 42 heavy (non-hydrogen) atoms. The van der Waals surface area contributed by atoms with E-state index in [9.17, 15) is 19.5 Å². The Labute approximate surface area is 258 Å². The fourth-order valence-corrected chi connectivity index (χ4v) is 8.63. The minimum atomic E-state index is -1.26. The Morgan fingerprint density at radius 3 is 2.45 bits per heavy atom. The number of aliphatic hydroxyl groups is 1. The van der Waals surface area contributed by atoms with Crippen LogP contribution in [0.5, 0.6) is 0 Å². The van der Waals surface area contributed by atoms with Crippen LogP contribution in [0.1, 0.15) is 53.0 Å². The van der Waals surface area contributed by atoms with Gasteiger partial charge in [0.05, 0.1) is 30.6 Å². The zero-order valence-electron chi connectivity index (χ0n) is 25.4. The van der Waals surface area contributed by atoms with Gasteiger partial charge in [-0.15, -0.1) is 6.58 Å². The van der Waals surface area contributed by atoms with E-state index in [4.69, 9.17) is 9.47 Å². The molecule has 0 saturated carbocycles. The molecule has 3 heterocycles. The maximum absolute atomic E-state index is 15.0. The van der Waals surface area contributed by atoms with Gasteiger partial charge in [0.1, 0.15) is 18.2 Å². The number of fused-ring (bicyclic) bond motifs is 1. The first-order valence-corrected chi connectivity index (χ1v) is 15.6. The number of esters is 1. The van der Waals surface area contributed by atoms with Crippen molar-refractivity contribution in [3.8, 4) is 0 Å². The summed E-state index contributed by atoms with van der Waals surface area (Å²) in [7, 11) is 0. The predicted octanol–water partition coefficient (Wildman–Crippen LogP) is 4.30. The van der Waals surface area contributed by atoms with Crippen LogP contribution in [0.4, 0.5) is 0 Å². The first-order valence-electron chi connectivity index (χ1n) is 14.7. The maximum Gasteiger partial charge on any atom is 0.312 e. The van der Waals surface area contributed by atoms with Gasteiger partial charge >= 0.3 is 5.97 Å². The summed E-state index contributed by atoms with van der Waals surface area (Å²) in [6, 6.07) is 7.82. The number of amides is 2. The Hall–Kier alpha value is -2.49. The van der Waals surface area contributed by atoms with Crippen molar-refractivity contribution in [2.24, 2.45) is 17.3 Å². The predicted molar refractivity (Wildman–Crippen MR) is 165 cm³/mol. The monoisotopic (exact) mass is 644 g/mol. The van der Waals surface area contributed by atoms with Gasteiger partial charge in [0, 0.05) is 16.9 Å². The molecule has 9 heteroatoms. The molecule has 3 aliphatic rings. The molecule has 230 valence electrons. The van der Waals surface area contributed by atoms with Crippen LogP contribution in [0.3, 0.4) is 0 Å². The largest absolute Gasteiger partial charge is 0.461 e. The van der Waals surface area contributed by atoms with Gasteiger partial charge in [-0.3, -0.25) is 14.4 Å². The molecule has 1 aromatic rings. The number of benzene rings is 1. The van der Waals surface area contributed by atoms with Gasteiger partial charge in [-0.2, -0.15) is 0 Å². The quantitative estimate of drug-likeness (QED) is 0.207. The van der Waals surface area contributed by atoms with Crippen LogP contribution < -0.4 is 0 Å². The van der Waals surface area contributed by atoms with E-state index in [-0.39, 0.29) is 41.8 Å². The van der Waals surface area contributed by atoms with E-state index in [0.29, 0.717) is 19.3 Å². The van der Waals surface area contributed by atoms with E-state index in [1.165, 1.54) is 11.0 Å². The molecular formula is C33H45BrN2O6. The number of carbonyl (C=O) groups excluding carboxylic acids is 3. The van der Waals surface area contributed by atoms with Crippen molar-refractivity contribution in [2.75, 3.05) is 19.8 Å². The summed E-state index contributed by atoms with van der Waals surface area (Å²) in [6.07, 6.45) is 3.97. The first kappa shape index (κ1) is 32.4. The van der Waals surface area contributed by atoms with E-state index in [1.807, 2.05) is 44.2 Å². The Balaban J connectivity index is 1.84. The van der Waals surface area contributed by atoms with E-state index in [0.717, 1.165) is 5.56 Å². The van der Waals surface area contributed by atoms with E-state index < -0.39 is 47.1 Å². The lowest BCUT2D eigenvalue weighted by Crippen LogP contribution is -2.63. The van der Waals surface area contributed by atoms with Gasteiger partial charge in [0.2, 0.25) is 11.8 Å². The van der Waals surface area contributed by atoms with Crippen molar-refractivity contribution in [1.82, 2.24) is 9.80 Å². The average molecular weight is 646 g/mol. The van der Waals surface area contributed by atoms with E-state index >= 15 is 0 Å². The average Bonchev–Trinajstić information content (AvgIpc) is 3.51. The number of halogens is 1. The molecule has 0 radical (unpaired) electrons. The summed E-state index contributed by atoms with van der Waals surface area (Å²) in [5.74, 6) is -2.98. The van der Waals surface area contributed by atoms with Crippen LogP contribution >= 0.6 is 15.9 Å². The molecule has 3 saturated heterocycles. The molecule has 2 amide bonds. The van der Waals surface area contributed by atoms with Gasteiger partial charge in [-0.05, 0) is 44.1 Å². The highest BCUT2D eigenvalue weighted by Crippen LogP contribution is 2.61. The molecule has 7 atom stereocenters. The molecule has 0 aromatic heterocycles. The Bertz CT molecular complexity index is 1200. The lowest BCUT2D eigenvalue weighted by atomic mass is 9.70. The number of hydrogen-bond donors (Lipinski definition) is 1. The zero-order chi connectivity index (χ0) is 31.0. The third-order valence-corrected chi connectivity index (χ3v) is 9.61. The molecule has 0 aliphatic carbocycles.